The topological polar surface area (TPSA) is 111 Å². The molecule has 2 atom stereocenters. The van der Waals surface area contributed by atoms with E-state index in [1.165, 1.54) is 19.2 Å². The minimum Gasteiger partial charge on any atom is -0.486 e. The molecule has 5 rings (SSSR count). The lowest BCUT2D eigenvalue weighted by Crippen LogP contribution is -2.30. The number of hydrogen-bond acceptors (Lipinski definition) is 7. The molecule has 1 aliphatic carbocycles. The molecule has 2 N–H and O–H groups in total. The lowest BCUT2D eigenvalue weighted by atomic mass is 9.93. The van der Waals surface area contributed by atoms with Crippen molar-refractivity contribution in [3.8, 4) is 17.0 Å². The molecule has 0 spiro atoms. The third-order valence-corrected chi connectivity index (χ3v) is 6.77. The summed E-state index contributed by atoms with van der Waals surface area (Å²) in [5.74, 6) is -2.51. The molecule has 4 aromatic rings. The van der Waals surface area contributed by atoms with E-state index in [2.05, 4.69) is 4.98 Å². The monoisotopic (exact) mass is 501 g/mol. The summed E-state index contributed by atoms with van der Waals surface area (Å²) in [4.78, 5) is 33.0. The van der Waals surface area contributed by atoms with Crippen molar-refractivity contribution in [2.24, 2.45) is 11.3 Å². The first-order chi connectivity index (χ1) is 17.9. The van der Waals surface area contributed by atoms with E-state index in [1.807, 2.05) is 42.5 Å². The van der Waals surface area contributed by atoms with Gasteiger partial charge in [-0.15, -0.1) is 0 Å². The van der Waals surface area contributed by atoms with Gasteiger partial charge in [0.1, 0.15) is 6.61 Å². The molecular weight excluding hydrogens is 477 g/mol. The van der Waals surface area contributed by atoms with Crippen LogP contribution in [0.1, 0.15) is 17.5 Å². The van der Waals surface area contributed by atoms with E-state index in [1.54, 1.807) is 23.9 Å². The van der Waals surface area contributed by atoms with Gasteiger partial charge >= 0.3 is 5.97 Å². The fraction of sp³-hybridized carbons (Fsp3) is 0.214. The third-order valence-electron chi connectivity index (χ3n) is 6.77. The van der Waals surface area contributed by atoms with Gasteiger partial charge in [-0.05, 0) is 54.8 Å². The van der Waals surface area contributed by atoms with E-state index in [-0.39, 0.29) is 25.2 Å². The summed E-state index contributed by atoms with van der Waals surface area (Å²) in [6, 6.07) is 17.8. The predicted octanol–water partition coefficient (Wildman–Crippen LogP) is 4.24. The normalized spacial score (nSPS) is 18.3. The lowest BCUT2D eigenvalue weighted by Gasteiger charge is -2.16. The zero-order valence-electron chi connectivity index (χ0n) is 20.0. The van der Waals surface area contributed by atoms with E-state index < -0.39 is 29.0 Å². The smallest absolute Gasteiger partial charge is 0.312 e. The molecule has 188 valence electrons. The Labute approximate surface area is 212 Å². The number of hydrogen-bond donors (Lipinski definition) is 2. The molecule has 2 aromatic carbocycles. The number of aromatic nitrogens is 2. The minimum atomic E-state index is -1.13. The number of halogens is 1. The van der Waals surface area contributed by atoms with Crippen molar-refractivity contribution in [3.63, 3.8) is 0 Å². The quantitative estimate of drug-likeness (QED) is 0.211. The Balaban J connectivity index is 1.37. The van der Waals surface area contributed by atoms with Crippen LogP contribution in [0, 0.1) is 17.2 Å². The van der Waals surface area contributed by atoms with Gasteiger partial charge in [-0.25, -0.2) is 14.9 Å². The number of nitrogens with one attached hydrogen (secondary N) is 1. The number of benzene rings is 2. The molecule has 1 amide bonds. The van der Waals surface area contributed by atoms with E-state index >= 15 is 4.39 Å². The Kier molecular flexibility index (Phi) is 6.54. The molecule has 1 saturated carbocycles. The molecular formula is C28H24FN3O5. The number of carbonyl (C=O) groups is 2. The maximum Gasteiger partial charge on any atom is 0.312 e. The first kappa shape index (κ1) is 24.3. The van der Waals surface area contributed by atoms with Crippen molar-refractivity contribution in [1.82, 2.24) is 15.4 Å². The van der Waals surface area contributed by atoms with Crippen LogP contribution in [-0.4, -0.2) is 34.2 Å². The van der Waals surface area contributed by atoms with Crippen LogP contribution in [0.4, 0.5) is 4.39 Å². The second-order valence-electron chi connectivity index (χ2n) is 9.03. The van der Waals surface area contributed by atoms with Crippen molar-refractivity contribution in [2.45, 2.75) is 19.4 Å². The number of methoxy groups -OCH3 is 1. The number of hydroxylamine groups is 1. The number of pyridine rings is 2. The van der Waals surface area contributed by atoms with Crippen molar-refractivity contribution in [1.29, 1.82) is 0 Å². The molecule has 1 aliphatic rings. The largest absolute Gasteiger partial charge is 0.486 e. The van der Waals surface area contributed by atoms with Gasteiger partial charge in [-0.1, -0.05) is 24.3 Å². The number of carbonyl (C=O) groups excluding carboxylic acids is 2. The van der Waals surface area contributed by atoms with Crippen LogP contribution in [-0.2, 0) is 27.4 Å². The van der Waals surface area contributed by atoms with Gasteiger partial charge in [0, 0.05) is 28.9 Å². The molecule has 37 heavy (non-hydrogen) atoms. The van der Waals surface area contributed by atoms with Gasteiger partial charge in [0.15, 0.2) is 11.6 Å². The lowest BCUT2D eigenvalue weighted by molar-refractivity contribution is -0.149. The highest BCUT2D eigenvalue weighted by molar-refractivity contribution is 5.93. The summed E-state index contributed by atoms with van der Waals surface area (Å²) in [5.41, 5.74) is 4.27. The molecule has 8 nitrogen and oxygen atoms in total. The number of amides is 1. The van der Waals surface area contributed by atoms with Crippen molar-refractivity contribution < 1.29 is 28.7 Å². The summed E-state index contributed by atoms with van der Waals surface area (Å²) in [7, 11) is 1.23. The molecule has 9 heteroatoms. The standard InChI is InChI=1S/C28H24FN3O5/c1-36-27(34)28(15-21(28)26(33)32-35)14-17-6-7-25(22(29)12-17)37-16-19-13-24(18-8-10-30-11-9-18)31-23-5-3-2-4-20(19)23/h2-13,21,35H,14-16H2,1H3,(H,32,33)/t21-,28+/m1/s1. The number of ether oxygens (including phenoxy) is 2. The van der Waals surface area contributed by atoms with E-state index in [0.29, 0.717) is 5.56 Å². The fourth-order valence-electron chi connectivity index (χ4n) is 4.75. The molecule has 0 unspecified atom stereocenters. The molecule has 0 bridgehead atoms. The van der Waals surface area contributed by atoms with Crippen LogP contribution < -0.4 is 10.2 Å². The van der Waals surface area contributed by atoms with E-state index in [4.69, 9.17) is 19.7 Å². The Morgan fingerprint density at radius 2 is 1.92 bits per heavy atom. The maximum absolute atomic E-state index is 15.0. The van der Waals surface area contributed by atoms with Gasteiger partial charge < -0.3 is 9.47 Å². The number of para-hydroxylation sites is 1. The summed E-state index contributed by atoms with van der Waals surface area (Å²) < 4.78 is 25.8. The first-order valence-electron chi connectivity index (χ1n) is 11.7. The van der Waals surface area contributed by atoms with Crippen LogP contribution >= 0.6 is 0 Å². The summed E-state index contributed by atoms with van der Waals surface area (Å²) in [6.07, 6.45) is 3.70. The SMILES string of the molecule is COC(=O)[C@@]1(Cc2ccc(OCc3cc(-c4ccncc4)nc4ccccc34)c(F)c2)C[C@@H]1C(=O)NO. The Hall–Kier alpha value is -4.37. The van der Waals surface area contributed by atoms with Crippen LogP contribution in [0.25, 0.3) is 22.2 Å². The number of fused-ring (bicyclic) bond motifs is 1. The van der Waals surface area contributed by atoms with Gasteiger partial charge in [0.2, 0.25) is 5.91 Å². The molecule has 0 saturated heterocycles. The van der Waals surface area contributed by atoms with E-state index in [0.717, 1.165) is 27.7 Å². The number of nitrogens with zero attached hydrogens (tertiary/aromatic N) is 2. The van der Waals surface area contributed by atoms with Gasteiger partial charge in [-0.2, -0.15) is 0 Å². The average molecular weight is 502 g/mol. The molecule has 0 radical (unpaired) electrons. The van der Waals surface area contributed by atoms with Crippen LogP contribution in [0.2, 0.25) is 0 Å². The second kappa shape index (κ2) is 9.94. The van der Waals surface area contributed by atoms with Gasteiger partial charge in [-0.3, -0.25) is 19.8 Å². The van der Waals surface area contributed by atoms with Crippen LogP contribution in [0.5, 0.6) is 5.75 Å². The van der Waals surface area contributed by atoms with Crippen LogP contribution in [0.15, 0.2) is 73.1 Å². The van der Waals surface area contributed by atoms with Gasteiger partial charge in [0.05, 0.1) is 29.7 Å². The summed E-state index contributed by atoms with van der Waals surface area (Å²) in [6.45, 7) is 0.113. The summed E-state index contributed by atoms with van der Waals surface area (Å²) >= 11 is 0. The van der Waals surface area contributed by atoms with Crippen molar-refractivity contribution >= 4 is 22.8 Å². The van der Waals surface area contributed by atoms with Gasteiger partial charge in [0.25, 0.3) is 0 Å². The molecule has 1 fully saturated rings. The number of rotatable bonds is 8. The predicted molar refractivity (Wildman–Crippen MR) is 132 cm³/mol. The fourth-order valence-corrected chi connectivity index (χ4v) is 4.75. The zero-order chi connectivity index (χ0) is 26.0. The maximum atomic E-state index is 15.0. The minimum absolute atomic E-state index is 0.0580. The highest BCUT2D eigenvalue weighted by Gasteiger charge is 2.64. The molecule has 2 heterocycles. The van der Waals surface area contributed by atoms with Crippen LogP contribution in [0.3, 0.4) is 0 Å². The number of esters is 1. The zero-order valence-corrected chi connectivity index (χ0v) is 20.0. The van der Waals surface area contributed by atoms with E-state index in [9.17, 15) is 9.59 Å². The molecule has 2 aromatic heterocycles. The Bertz CT molecular complexity index is 1480. The third kappa shape index (κ3) is 4.73. The summed E-state index contributed by atoms with van der Waals surface area (Å²) in [5, 5.41) is 9.85. The average Bonchev–Trinajstić information content (AvgIpc) is 3.67. The Morgan fingerprint density at radius 3 is 2.65 bits per heavy atom. The highest BCUT2D eigenvalue weighted by atomic mass is 19.1. The second-order valence-corrected chi connectivity index (χ2v) is 9.03. The Morgan fingerprint density at radius 1 is 1.14 bits per heavy atom. The molecule has 0 aliphatic heterocycles. The highest BCUT2D eigenvalue weighted by Crippen LogP contribution is 2.55. The van der Waals surface area contributed by atoms with Crippen molar-refractivity contribution in [2.75, 3.05) is 7.11 Å². The van der Waals surface area contributed by atoms with Crippen molar-refractivity contribution in [3.05, 3.63) is 90.0 Å². The first-order valence-corrected chi connectivity index (χ1v) is 11.7.